The van der Waals surface area contributed by atoms with Crippen LogP contribution in [0.4, 0.5) is 0 Å². The topological polar surface area (TPSA) is 87.4 Å². The fraction of sp³-hybridized carbons (Fsp3) is 0.385. The predicted molar refractivity (Wildman–Crippen MR) is 71.6 cm³/mol. The molecule has 102 valence electrons. The first-order valence-corrected chi connectivity index (χ1v) is 7.23. The highest BCUT2D eigenvalue weighted by Gasteiger charge is 2.16. The molecule has 1 rings (SSSR count). The summed E-state index contributed by atoms with van der Waals surface area (Å²) in [6, 6.07) is 6.63. The molecule has 0 heterocycles. The minimum Gasteiger partial charge on any atom is -0.210 e. The summed E-state index contributed by atoms with van der Waals surface area (Å²) in [6.45, 7) is 5.58. The zero-order chi connectivity index (χ0) is 14.7. The van der Waals surface area contributed by atoms with Gasteiger partial charge >= 0.3 is 0 Å². The number of rotatable bonds is 6. The van der Waals surface area contributed by atoms with Crippen molar-refractivity contribution in [1.29, 1.82) is 5.26 Å². The third-order valence-corrected chi connectivity index (χ3v) is 3.73. The van der Waals surface area contributed by atoms with Gasteiger partial charge in [0, 0.05) is 6.57 Å². The fourth-order valence-corrected chi connectivity index (χ4v) is 2.57. The standard InChI is InChI=1S/C12H15NO3S.CHN/c1-2-3-4-7-11-8-5-6-9-12(11)17(15,16)13-10-14;1-2/h5-6,8-9H,2-4,7H2,1H3;1H. The molecule has 0 fully saturated rings. The van der Waals surface area contributed by atoms with E-state index in [1.807, 2.05) is 0 Å². The Morgan fingerprint density at radius 1 is 1.26 bits per heavy atom. The molecule has 1 aromatic carbocycles. The van der Waals surface area contributed by atoms with E-state index >= 15 is 0 Å². The van der Waals surface area contributed by atoms with Gasteiger partial charge in [0.05, 0.1) is 4.90 Å². The number of carbonyl (C=O) groups excluding carboxylic acids is 1. The SMILES string of the molecule is C#N.CCCCCc1ccccc1S(=O)(=O)N=C=O. The Morgan fingerprint density at radius 2 is 1.89 bits per heavy atom. The highest BCUT2D eigenvalue weighted by atomic mass is 32.2. The van der Waals surface area contributed by atoms with E-state index in [1.165, 1.54) is 6.07 Å². The van der Waals surface area contributed by atoms with Crippen molar-refractivity contribution < 1.29 is 13.2 Å². The number of hydrogen-bond acceptors (Lipinski definition) is 4. The first kappa shape index (κ1) is 17.0. The maximum atomic E-state index is 11.7. The second-order valence-corrected chi connectivity index (χ2v) is 5.30. The van der Waals surface area contributed by atoms with Crippen LogP contribution in [0.1, 0.15) is 31.7 Å². The van der Waals surface area contributed by atoms with Crippen LogP contribution in [0, 0.1) is 11.8 Å². The Labute approximate surface area is 113 Å². The summed E-state index contributed by atoms with van der Waals surface area (Å²) in [7, 11) is -3.88. The summed E-state index contributed by atoms with van der Waals surface area (Å²) in [5, 5.41) is 6.50. The van der Waals surface area contributed by atoms with Crippen LogP contribution < -0.4 is 0 Å². The Bertz CT molecular complexity index is 558. The van der Waals surface area contributed by atoms with Crippen LogP contribution in [-0.4, -0.2) is 14.5 Å². The zero-order valence-corrected chi connectivity index (χ0v) is 11.6. The molecule has 0 radical (unpaired) electrons. The van der Waals surface area contributed by atoms with Crippen molar-refractivity contribution in [3.63, 3.8) is 0 Å². The lowest BCUT2D eigenvalue weighted by molar-refractivity contribution is 0.563. The molecule has 0 amide bonds. The molecule has 0 aromatic heterocycles. The number of sulfonamides is 1. The lowest BCUT2D eigenvalue weighted by Gasteiger charge is -2.06. The molecular weight excluding hydrogens is 264 g/mol. The fourth-order valence-electron chi connectivity index (χ4n) is 1.63. The summed E-state index contributed by atoms with van der Waals surface area (Å²) in [5.41, 5.74) is 0.708. The molecule has 0 aliphatic carbocycles. The molecule has 0 aliphatic heterocycles. The molecule has 0 bridgehead atoms. The minimum atomic E-state index is -3.88. The zero-order valence-electron chi connectivity index (χ0n) is 10.7. The van der Waals surface area contributed by atoms with Crippen molar-refractivity contribution in [2.45, 2.75) is 37.5 Å². The second kappa shape index (κ2) is 9.03. The first-order chi connectivity index (χ1) is 9.11. The Balaban J connectivity index is 0.00000154. The van der Waals surface area contributed by atoms with Crippen molar-refractivity contribution >= 4 is 16.1 Å². The summed E-state index contributed by atoms with van der Waals surface area (Å²) in [6.07, 6.45) is 4.81. The van der Waals surface area contributed by atoms with Gasteiger partial charge in [0.1, 0.15) is 0 Å². The van der Waals surface area contributed by atoms with Crippen LogP contribution in [0.15, 0.2) is 33.6 Å². The van der Waals surface area contributed by atoms with Crippen molar-refractivity contribution in [3.8, 4) is 6.57 Å². The van der Waals surface area contributed by atoms with E-state index in [0.29, 0.717) is 12.0 Å². The number of benzene rings is 1. The van der Waals surface area contributed by atoms with Gasteiger partial charge in [-0.1, -0.05) is 42.4 Å². The van der Waals surface area contributed by atoms with Gasteiger partial charge in [-0.2, -0.15) is 8.42 Å². The van der Waals surface area contributed by atoms with Crippen LogP contribution in [0.3, 0.4) is 0 Å². The molecule has 5 nitrogen and oxygen atoms in total. The molecule has 0 saturated carbocycles. The highest BCUT2D eigenvalue weighted by molar-refractivity contribution is 7.90. The van der Waals surface area contributed by atoms with Crippen molar-refractivity contribution in [3.05, 3.63) is 29.8 Å². The first-order valence-electron chi connectivity index (χ1n) is 5.79. The van der Waals surface area contributed by atoms with E-state index in [-0.39, 0.29) is 4.90 Å². The molecular formula is C13H16N2O3S. The van der Waals surface area contributed by atoms with E-state index < -0.39 is 10.0 Å². The van der Waals surface area contributed by atoms with E-state index in [9.17, 15) is 13.2 Å². The molecule has 0 aliphatic rings. The van der Waals surface area contributed by atoms with Crippen molar-refractivity contribution in [2.24, 2.45) is 4.40 Å². The van der Waals surface area contributed by atoms with Crippen molar-refractivity contribution in [1.82, 2.24) is 0 Å². The van der Waals surface area contributed by atoms with Gasteiger partial charge in [-0.25, -0.2) is 10.1 Å². The summed E-state index contributed by atoms with van der Waals surface area (Å²) in [4.78, 5) is 10.2. The predicted octanol–water partition coefficient (Wildman–Crippen LogP) is 2.58. The van der Waals surface area contributed by atoms with E-state index in [2.05, 4.69) is 17.9 Å². The van der Waals surface area contributed by atoms with Crippen LogP contribution in [0.25, 0.3) is 0 Å². The maximum Gasteiger partial charge on any atom is 0.292 e. The second-order valence-electron chi connectivity index (χ2n) is 3.72. The number of aryl methyl sites for hydroxylation is 1. The van der Waals surface area contributed by atoms with Crippen LogP contribution in [-0.2, 0) is 21.2 Å². The van der Waals surface area contributed by atoms with E-state index in [0.717, 1.165) is 25.3 Å². The van der Waals surface area contributed by atoms with Crippen LogP contribution in [0.5, 0.6) is 0 Å². The van der Waals surface area contributed by atoms with Gasteiger partial charge in [0.15, 0.2) is 0 Å². The number of nitrogens with zero attached hydrogens (tertiary/aromatic N) is 2. The summed E-state index contributed by atoms with van der Waals surface area (Å²) < 4.78 is 26.2. The quantitative estimate of drug-likeness (QED) is 0.455. The van der Waals surface area contributed by atoms with Gasteiger partial charge in [0.2, 0.25) is 0 Å². The number of nitriles is 1. The monoisotopic (exact) mass is 280 g/mol. The molecule has 0 unspecified atom stereocenters. The normalized spacial score (nSPS) is 9.84. The van der Waals surface area contributed by atoms with Crippen LogP contribution in [0.2, 0.25) is 0 Å². The number of hydrogen-bond donors (Lipinski definition) is 0. The van der Waals surface area contributed by atoms with Gasteiger partial charge in [-0.05, 0) is 24.5 Å². The Hall–Kier alpha value is -1.96. The van der Waals surface area contributed by atoms with Crippen molar-refractivity contribution in [2.75, 3.05) is 0 Å². The molecule has 0 atom stereocenters. The largest absolute Gasteiger partial charge is 0.292 e. The smallest absolute Gasteiger partial charge is 0.210 e. The number of isocyanates is 1. The molecule has 6 heteroatoms. The summed E-state index contributed by atoms with van der Waals surface area (Å²) in [5.74, 6) is 0. The molecule has 0 spiro atoms. The molecule has 1 aromatic rings. The lowest BCUT2D eigenvalue weighted by atomic mass is 10.1. The van der Waals surface area contributed by atoms with Gasteiger partial charge in [0.25, 0.3) is 16.1 Å². The average Bonchev–Trinajstić information content (AvgIpc) is 2.42. The average molecular weight is 280 g/mol. The van der Waals surface area contributed by atoms with Gasteiger partial charge in [-0.3, -0.25) is 0 Å². The molecule has 0 N–H and O–H groups in total. The molecule has 0 saturated heterocycles. The third-order valence-electron chi connectivity index (χ3n) is 2.46. The number of unbranched alkanes of at least 4 members (excludes halogenated alkanes) is 2. The Kier molecular flexibility index (Phi) is 8.10. The van der Waals surface area contributed by atoms with E-state index in [1.54, 1.807) is 18.2 Å². The minimum absolute atomic E-state index is 0.111. The van der Waals surface area contributed by atoms with E-state index in [4.69, 9.17) is 5.26 Å². The lowest BCUT2D eigenvalue weighted by Crippen LogP contribution is -2.01. The third kappa shape index (κ3) is 5.47. The van der Waals surface area contributed by atoms with Gasteiger partial charge < -0.3 is 0 Å². The molecule has 19 heavy (non-hydrogen) atoms. The maximum absolute atomic E-state index is 11.7. The van der Waals surface area contributed by atoms with Gasteiger partial charge in [-0.15, -0.1) is 0 Å². The Morgan fingerprint density at radius 3 is 2.47 bits per heavy atom. The highest BCUT2D eigenvalue weighted by Crippen LogP contribution is 2.19. The van der Waals surface area contributed by atoms with Crippen LogP contribution >= 0.6 is 0 Å². The summed E-state index contributed by atoms with van der Waals surface area (Å²) >= 11 is 0.